The molecule has 0 radical (unpaired) electrons. The van der Waals surface area contributed by atoms with Crippen molar-refractivity contribution in [2.24, 2.45) is 5.92 Å². The maximum atomic E-state index is 12.3. The van der Waals surface area contributed by atoms with Crippen molar-refractivity contribution in [1.29, 1.82) is 0 Å². The Bertz CT molecular complexity index is 651. The molecule has 116 valence electrons. The average Bonchev–Trinajstić information content (AvgIpc) is 3.29. The van der Waals surface area contributed by atoms with Crippen LogP contribution in [0.15, 0.2) is 36.5 Å². The molecule has 1 aliphatic rings. The van der Waals surface area contributed by atoms with Gasteiger partial charge in [-0.2, -0.15) is 0 Å². The van der Waals surface area contributed by atoms with Crippen LogP contribution in [0.5, 0.6) is 0 Å². The van der Waals surface area contributed by atoms with Gasteiger partial charge in [0.25, 0.3) is 5.91 Å². The van der Waals surface area contributed by atoms with Crippen LogP contribution in [0, 0.1) is 5.92 Å². The van der Waals surface area contributed by atoms with Gasteiger partial charge in [-0.15, -0.1) is 5.10 Å². The first-order chi connectivity index (χ1) is 10.6. The first kappa shape index (κ1) is 14.7. The third-order valence-electron chi connectivity index (χ3n) is 4.16. The molecular formula is C16H20N4O2. The fraction of sp³-hybridized carbons (Fsp3) is 0.438. The molecule has 0 saturated heterocycles. The van der Waals surface area contributed by atoms with E-state index < -0.39 is 5.54 Å². The number of rotatable bonds is 6. The molecule has 6 heteroatoms. The normalized spacial score (nSPS) is 17.0. The molecule has 1 atom stereocenters. The predicted octanol–water partition coefficient (Wildman–Crippen LogP) is 1.22. The third-order valence-corrected chi connectivity index (χ3v) is 4.16. The smallest absolute Gasteiger partial charge is 0.273 e. The van der Waals surface area contributed by atoms with Crippen molar-refractivity contribution in [2.75, 3.05) is 6.61 Å². The van der Waals surface area contributed by atoms with E-state index in [-0.39, 0.29) is 18.2 Å². The molecule has 2 N–H and O–H groups in total. The number of nitrogens with one attached hydrogen (secondary N) is 1. The summed E-state index contributed by atoms with van der Waals surface area (Å²) in [6.45, 7) is 2.37. The number of amides is 1. The van der Waals surface area contributed by atoms with E-state index in [4.69, 9.17) is 0 Å². The van der Waals surface area contributed by atoms with Crippen molar-refractivity contribution >= 4 is 5.91 Å². The van der Waals surface area contributed by atoms with Crippen molar-refractivity contribution in [3.63, 3.8) is 0 Å². The lowest BCUT2D eigenvalue weighted by atomic mass is 9.97. The van der Waals surface area contributed by atoms with Crippen molar-refractivity contribution in [3.05, 3.63) is 47.8 Å². The van der Waals surface area contributed by atoms with Crippen LogP contribution in [0.25, 0.3) is 0 Å². The number of hydrogen-bond acceptors (Lipinski definition) is 4. The lowest BCUT2D eigenvalue weighted by Gasteiger charge is -2.28. The summed E-state index contributed by atoms with van der Waals surface area (Å²) in [7, 11) is 0. The summed E-state index contributed by atoms with van der Waals surface area (Å²) in [5.74, 6) is 0.0589. The molecule has 0 aliphatic heterocycles. The number of benzene rings is 1. The standard InChI is InChI=1S/C16H20N4O2/c1-16(11-21,13-7-8-13)17-15(22)14-10-20(19-18-14)9-12-5-3-2-4-6-12/h2-6,10,13,21H,7-9,11H2,1H3,(H,17,22). The molecule has 0 bridgehead atoms. The quantitative estimate of drug-likeness (QED) is 0.840. The molecule has 0 spiro atoms. The summed E-state index contributed by atoms with van der Waals surface area (Å²) in [5.41, 5.74) is 0.800. The minimum atomic E-state index is -0.569. The molecule has 1 unspecified atom stereocenters. The van der Waals surface area contributed by atoms with Gasteiger partial charge in [-0.05, 0) is 31.2 Å². The fourth-order valence-electron chi connectivity index (χ4n) is 2.56. The van der Waals surface area contributed by atoms with E-state index in [0.29, 0.717) is 12.5 Å². The Hall–Kier alpha value is -2.21. The number of aromatic nitrogens is 3. The van der Waals surface area contributed by atoms with Gasteiger partial charge in [0.05, 0.1) is 24.9 Å². The summed E-state index contributed by atoms with van der Waals surface area (Å²) in [6.07, 6.45) is 3.71. The van der Waals surface area contributed by atoms with Crippen LogP contribution in [0.4, 0.5) is 0 Å². The van der Waals surface area contributed by atoms with Crippen molar-refractivity contribution < 1.29 is 9.90 Å². The Morgan fingerprint density at radius 2 is 2.14 bits per heavy atom. The zero-order valence-electron chi connectivity index (χ0n) is 12.6. The third kappa shape index (κ3) is 3.17. The molecule has 1 aliphatic carbocycles. The van der Waals surface area contributed by atoms with Gasteiger partial charge in [-0.25, -0.2) is 4.68 Å². The Kier molecular flexibility index (Phi) is 3.94. The van der Waals surface area contributed by atoms with Gasteiger partial charge in [0.15, 0.2) is 5.69 Å². The van der Waals surface area contributed by atoms with E-state index in [0.717, 1.165) is 18.4 Å². The number of nitrogens with zero attached hydrogens (tertiary/aromatic N) is 3. The second kappa shape index (κ2) is 5.88. The largest absolute Gasteiger partial charge is 0.394 e. The Morgan fingerprint density at radius 1 is 1.41 bits per heavy atom. The van der Waals surface area contributed by atoms with Crippen LogP contribution in [0.1, 0.15) is 35.8 Å². The van der Waals surface area contributed by atoms with Crippen molar-refractivity contribution in [1.82, 2.24) is 20.3 Å². The second-order valence-corrected chi connectivity index (χ2v) is 6.09. The van der Waals surface area contributed by atoms with E-state index in [1.54, 1.807) is 10.9 Å². The highest BCUT2D eigenvalue weighted by atomic mass is 16.3. The summed E-state index contributed by atoms with van der Waals surface area (Å²) < 4.78 is 1.64. The minimum absolute atomic E-state index is 0.0679. The van der Waals surface area contributed by atoms with Gasteiger partial charge < -0.3 is 10.4 Å². The molecule has 6 nitrogen and oxygen atoms in total. The fourth-order valence-corrected chi connectivity index (χ4v) is 2.56. The van der Waals surface area contributed by atoms with E-state index in [9.17, 15) is 9.90 Å². The Morgan fingerprint density at radius 3 is 2.77 bits per heavy atom. The zero-order valence-corrected chi connectivity index (χ0v) is 12.6. The number of aliphatic hydroxyl groups excluding tert-OH is 1. The molecule has 3 rings (SSSR count). The van der Waals surface area contributed by atoms with E-state index in [1.165, 1.54) is 0 Å². The number of carbonyl (C=O) groups is 1. The molecule has 1 fully saturated rings. The van der Waals surface area contributed by atoms with Gasteiger partial charge in [-0.3, -0.25) is 4.79 Å². The first-order valence-corrected chi connectivity index (χ1v) is 7.48. The molecule has 22 heavy (non-hydrogen) atoms. The molecular weight excluding hydrogens is 280 g/mol. The molecule has 1 aromatic heterocycles. The van der Waals surface area contributed by atoms with E-state index >= 15 is 0 Å². The summed E-state index contributed by atoms with van der Waals surface area (Å²) in [6, 6.07) is 9.87. The second-order valence-electron chi connectivity index (χ2n) is 6.09. The van der Waals surface area contributed by atoms with Gasteiger partial charge in [-0.1, -0.05) is 35.5 Å². The van der Waals surface area contributed by atoms with Crippen molar-refractivity contribution in [2.45, 2.75) is 31.8 Å². The highest BCUT2D eigenvalue weighted by Gasteiger charge is 2.42. The maximum absolute atomic E-state index is 12.3. The highest BCUT2D eigenvalue weighted by Crippen LogP contribution is 2.39. The van der Waals surface area contributed by atoms with Crippen LogP contribution in [0.3, 0.4) is 0 Å². The van der Waals surface area contributed by atoms with Gasteiger partial charge in [0.1, 0.15) is 0 Å². The molecule has 1 saturated carbocycles. The number of hydrogen-bond donors (Lipinski definition) is 2. The topological polar surface area (TPSA) is 80.0 Å². The molecule has 1 heterocycles. The van der Waals surface area contributed by atoms with Gasteiger partial charge in [0.2, 0.25) is 0 Å². The van der Waals surface area contributed by atoms with Crippen LogP contribution in [-0.2, 0) is 6.54 Å². The first-order valence-electron chi connectivity index (χ1n) is 7.48. The summed E-state index contributed by atoms with van der Waals surface area (Å²) in [5, 5.41) is 20.4. The van der Waals surface area contributed by atoms with Crippen molar-refractivity contribution in [3.8, 4) is 0 Å². The SMILES string of the molecule is CC(CO)(NC(=O)c1cn(Cc2ccccc2)nn1)C1CC1. The van der Waals surface area contributed by atoms with E-state index in [2.05, 4.69) is 15.6 Å². The highest BCUT2D eigenvalue weighted by molar-refractivity contribution is 5.92. The monoisotopic (exact) mass is 300 g/mol. The Labute approximate surface area is 129 Å². The average molecular weight is 300 g/mol. The number of carbonyl (C=O) groups excluding carboxylic acids is 1. The van der Waals surface area contributed by atoms with Crippen LogP contribution < -0.4 is 5.32 Å². The summed E-state index contributed by atoms with van der Waals surface area (Å²) in [4.78, 5) is 12.3. The molecule has 1 aromatic carbocycles. The molecule has 1 amide bonds. The minimum Gasteiger partial charge on any atom is -0.394 e. The lowest BCUT2D eigenvalue weighted by Crippen LogP contribution is -2.50. The predicted molar refractivity (Wildman–Crippen MR) is 81.2 cm³/mol. The van der Waals surface area contributed by atoms with E-state index in [1.807, 2.05) is 37.3 Å². The summed E-state index contributed by atoms with van der Waals surface area (Å²) >= 11 is 0. The van der Waals surface area contributed by atoms with Crippen LogP contribution in [0.2, 0.25) is 0 Å². The maximum Gasteiger partial charge on any atom is 0.273 e. The van der Waals surface area contributed by atoms with Crippen LogP contribution >= 0.6 is 0 Å². The Balaban J connectivity index is 1.66. The molecule has 2 aromatic rings. The number of aliphatic hydroxyl groups is 1. The lowest BCUT2D eigenvalue weighted by molar-refractivity contribution is 0.0819. The van der Waals surface area contributed by atoms with Crippen LogP contribution in [-0.4, -0.2) is 38.2 Å². The van der Waals surface area contributed by atoms with Gasteiger partial charge >= 0.3 is 0 Å². The van der Waals surface area contributed by atoms with Gasteiger partial charge in [0, 0.05) is 0 Å². The zero-order chi connectivity index (χ0) is 15.6.